The van der Waals surface area contributed by atoms with Crippen LogP contribution in [0.25, 0.3) is 0 Å². The van der Waals surface area contributed by atoms with Gasteiger partial charge in [-0.1, -0.05) is 53.8 Å². The lowest BCUT2D eigenvalue weighted by molar-refractivity contribution is 0.0926. The Bertz CT molecular complexity index is 870. The van der Waals surface area contributed by atoms with Crippen molar-refractivity contribution < 1.29 is 9.59 Å². The summed E-state index contributed by atoms with van der Waals surface area (Å²) in [5.74, 6) is -0.680. The summed E-state index contributed by atoms with van der Waals surface area (Å²) in [6.07, 6.45) is 0.627. The van der Waals surface area contributed by atoms with Gasteiger partial charge in [0.25, 0.3) is 11.8 Å². The molecule has 0 atom stereocenters. The number of rotatable bonds is 3. The van der Waals surface area contributed by atoms with Crippen molar-refractivity contribution in [3.8, 4) is 0 Å². The van der Waals surface area contributed by atoms with Gasteiger partial charge in [0, 0.05) is 6.42 Å². The molecule has 0 spiro atoms. The number of benzene rings is 2. The number of hydrogen-bond donors (Lipinski definition) is 0. The zero-order chi connectivity index (χ0) is 15.8. The van der Waals surface area contributed by atoms with Crippen molar-refractivity contribution in [1.29, 1.82) is 0 Å². The van der Waals surface area contributed by atoms with E-state index in [2.05, 4.69) is 10.2 Å². The van der Waals surface area contributed by atoms with Crippen molar-refractivity contribution in [2.75, 3.05) is 4.90 Å². The predicted molar refractivity (Wildman–Crippen MR) is 86.7 cm³/mol. The van der Waals surface area contributed by atoms with E-state index in [0.29, 0.717) is 22.7 Å². The Kier molecular flexibility index (Phi) is 3.24. The molecule has 5 nitrogen and oxygen atoms in total. The molecule has 23 heavy (non-hydrogen) atoms. The quantitative estimate of drug-likeness (QED) is 0.696. The third kappa shape index (κ3) is 2.33. The molecule has 0 radical (unpaired) electrons. The van der Waals surface area contributed by atoms with Crippen LogP contribution < -0.4 is 4.90 Å². The fourth-order valence-corrected chi connectivity index (χ4v) is 3.41. The summed E-state index contributed by atoms with van der Waals surface area (Å²) < 4.78 is 0. The summed E-state index contributed by atoms with van der Waals surface area (Å²) in [5.41, 5.74) is 1.94. The molecule has 0 unspecified atom stereocenters. The average molecular weight is 321 g/mol. The van der Waals surface area contributed by atoms with Gasteiger partial charge in [-0.25, -0.2) is 4.90 Å². The number of carbonyl (C=O) groups excluding carboxylic acids is 2. The molecule has 3 aromatic rings. The Morgan fingerprint density at radius 1 is 0.826 bits per heavy atom. The number of imide groups is 1. The third-order valence-corrected chi connectivity index (χ3v) is 4.55. The van der Waals surface area contributed by atoms with Gasteiger partial charge >= 0.3 is 0 Å². The van der Waals surface area contributed by atoms with Gasteiger partial charge in [0.1, 0.15) is 5.01 Å². The SMILES string of the molecule is O=C1c2ccccc2C(=O)N1c1nnc(Cc2ccccc2)s1. The minimum Gasteiger partial charge on any atom is -0.268 e. The van der Waals surface area contributed by atoms with Crippen LogP contribution in [0.4, 0.5) is 5.13 Å². The van der Waals surface area contributed by atoms with Crippen molar-refractivity contribution in [3.63, 3.8) is 0 Å². The molecule has 0 fully saturated rings. The van der Waals surface area contributed by atoms with Crippen LogP contribution in [0.15, 0.2) is 54.6 Å². The van der Waals surface area contributed by atoms with Crippen LogP contribution in [0.2, 0.25) is 0 Å². The van der Waals surface area contributed by atoms with E-state index < -0.39 is 0 Å². The fourth-order valence-electron chi connectivity index (χ4n) is 2.54. The lowest BCUT2D eigenvalue weighted by atomic mass is 10.1. The molecule has 0 saturated carbocycles. The van der Waals surface area contributed by atoms with Gasteiger partial charge in [-0.3, -0.25) is 9.59 Å². The van der Waals surface area contributed by atoms with Crippen LogP contribution in [0.5, 0.6) is 0 Å². The van der Waals surface area contributed by atoms with Crippen molar-refractivity contribution >= 4 is 28.3 Å². The Balaban J connectivity index is 1.63. The minimum absolute atomic E-state index is 0.321. The number of anilines is 1. The molecule has 2 heterocycles. The normalized spacial score (nSPS) is 13.5. The van der Waals surface area contributed by atoms with Gasteiger partial charge in [-0.15, -0.1) is 10.2 Å². The summed E-state index contributed by atoms with van der Waals surface area (Å²) in [7, 11) is 0. The summed E-state index contributed by atoms with van der Waals surface area (Å²) in [4.78, 5) is 25.9. The molecule has 0 saturated heterocycles. The van der Waals surface area contributed by atoms with Gasteiger partial charge in [0.15, 0.2) is 0 Å². The van der Waals surface area contributed by atoms with Gasteiger partial charge < -0.3 is 0 Å². The molecule has 6 heteroatoms. The Hall–Kier alpha value is -2.86. The van der Waals surface area contributed by atoms with E-state index in [1.165, 1.54) is 11.3 Å². The Morgan fingerprint density at radius 2 is 1.43 bits per heavy atom. The Labute approximate surface area is 136 Å². The number of fused-ring (bicyclic) bond motifs is 1. The zero-order valence-corrected chi connectivity index (χ0v) is 12.8. The molecule has 0 aliphatic carbocycles. The maximum atomic E-state index is 12.4. The second-order valence-electron chi connectivity index (χ2n) is 5.13. The summed E-state index contributed by atoms with van der Waals surface area (Å²) in [6.45, 7) is 0. The highest BCUT2D eigenvalue weighted by molar-refractivity contribution is 7.15. The van der Waals surface area contributed by atoms with Crippen LogP contribution in [-0.2, 0) is 6.42 Å². The molecular formula is C17H11N3O2S. The second kappa shape index (κ2) is 5.40. The van der Waals surface area contributed by atoms with Gasteiger partial charge in [-0.05, 0) is 17.7 Å². The first-order chi connectivity index (χ1) is 11.2. The Morgan fingerprint density at radius 3 is 2.09 bits per heavy atom. The van der Waals surface area contributed by atoms with Crippen LogP contribution in [0.3, 0.4) is 0 Å². The molecule has 0 N–H and O–H groups in total. The van der Waals surface area contributed by atoms with Crippen molar-refractivity contribution in [1.82, 2.24) is 10.2 Å². The highest BCUT2D eigenvalue weighted by Gasteiger charge is 2.38. The van der Waals surface area contributed by atoms with E-state index in [-0.39, 0.29) is 11.8 Å². The van der Waals surface area contributed by atoms with E-state index in [1.807, 2.05) is 30.3 Å². The summed E-state index contributed by atoms with van der Waals surface area (Å²) in [6, 6.07) is 16.7. The van der Waals surface area contributed by atoms with E-state index in [9.17, 15) is 9.59 Å². The first kappa shape index (κ1) is 13.8. The van der Waals surface area contributed by atoms with E-state index in [0.717, 1.165) is 15.5 Å². The summed E-state index contributed by atoms with van der Waals surface area (Å²) in [5, 5.41) is 9.23. The van der Waals surface area contributed by atoms with Crippen molar-refractivity contribution in [2.45, 2.75) is 6.42 Å². The van der Waals surface area contributed by atoms with Crippen LogP contribution in [-0.4, -0.2) is 22.0 Å². The minimum atomic E-state index is -0.340. The molecule has 1 aliphatic heterocycles. The van der Waals surface area contributed by atoms with Crippen LogP contribution in [0, 0.1) is 0 Å². The van der Waals surface area contributed by atoms with Crippen LogP contribution in [0.1, 0.15) is 31.3 Å². The molecular weight excluding hydrogens is 310 g/mol. The topological polar surface area (TPSA) is 63.2 Å². The van der Waals surface area contributed by atoms with Crippen molar-refractivity contribution in [3.05, 3.63) is 76.3 Å². The second-order valence-corrected chi connectivity index (χ2v) is 6.17. The molecule has 1 aliphatic rings. The van der Waals surface area contributed by atoms with E-state index in [1.54, 1.807) is 24.3 Å². The molecule has 1 aromatic heterocycles. The maximum absolute atomic E-state index is 12.4. The molecule has 0 bridgehead atoms. The van der Waals surface area contributed by atoms with Gasteiger partial charge in [0.05, 0.1) is 11.1 Å². The largest absolute Gasteiger partial charge is 0.268 e. The van der Waals surface area contributed by atoms with Crippen LogP contribution >= 0.6 is 11.3 Å². The summed E-state index contributed by atoms with van der Waals surface area (Å²) >= 11 is 1.27. The smallest absolute Gasteiger partial charge is 0.268 e. The van der Waals surface area contributed by atoms with E-state index >= 15 is 0 Å². The highest BCUT2D eigenvalue weighted by atomic mass is 32.1. The average Bonchev–Trinajstić information content (AvgIpc) is 3.12. The number of hydrogen-bond acceptors (Lipinski definition) is 5. The monoisotopic (exact) mass is 321 g/mol. The fraction of sp³-hybridized carbons (Fsp3) is 0.0588. The standard InChI is InChI=1S/C17H11N3O2S/c21-15-12-8-4-5-9-13(12)16(22)20(15)17-19-18-14(23-17)10-11-6-2-1-3-7-11/h1-9H,10H2. The maximum Gasteiger partial charge on any atom is 0.268 e. The van der Waals surface area contributed by atoms with Gasteiger partial charge in [-0.2, -0.15) is 0 Å². The number of aromatic nitrogens is 2. The molecule has 112 valence electrons. The zero-order valence-electron chi connectivity index (χ0n) is 12.0. The lowest BCUT2D eigenvalue weighted by Gasteiger charge is -2.07. The molecule has 2 aromatic carbocycles. The number of carbonyl (C=O) groups is 2. The highest BCUT2D eigenvalue weighted by Crippen LogP contribution is 2.30. The first-order valence-corrected chi connectivity index (χ1v) is 7.90. The van der Waals surface area contributed by atoms with Crippen molar-refractivity contribution in [2.24, 2.45) is 0 Å². The predicted octanol–water partition coefficient (Wildman–Crippen LogP) is 2.93. The van der Waals surface area contributed by atoms with E-state index in [4.69, 9.17) is 0 Å². The lowest BCUT2D eigenvalue weighted by Crippen LogP contribution is -2.29. The third-order valence-electron chi connectivity index (χ3n) is 3.64. The number of nitrogens with zero attached hydrogens (tertiary/aromatic N) is 3. The molecule has 4 rings (SSSR count). The van der Waals surface area contributed by atoms with Gasteiger partial charge in [0.2, 0.25) is 5.13 Å². The number of amides is 2. The molecule has 2 amide bonds. The first-order valence-electron chi connectivity index (χ1n) is 7.08.